The maximum atomic E-state index is 6.06. The van der Waals surface area contributed by atoms with Gasteiger partial charge in [-0.1, -0.05) is 23.7 Å². The van der Waals surface area contributed by atoms with E-state index in [1.807, 2.05) is 35.0 Å². The number of nitrogens with zero attached hydrogens (tertiary/aromatic N) is 3. The van der Waals surface area contributed by atoms with Gasteiger partial charge in [0, 0.05) is 28.4 Å². The molecular formula is C18H18ClN3OS. The molecule has 0 spiro atoms. The van der Waals surface area contributed by atoms with Crippen molar-refractivity contribution in [2.45, 2.75) is 25.3 Å². The van der Waals surface area contributed by atoms with Crippen LogP contribution in [0.25, 0.3) is 11.5 Å². The first-order valence-electron chi connectivity index (χ1n) is 8.11. The molecule has 1 saturated heterocycles. The molecule has 1 aromatic carbocycles. The average molecular weight is 360 g/mol. The number of benzene rings is 1. The predicted octanol–water partition coefficient (Wildman–Crippen LogP) is 4.83. The zero-order valence-electron chi connectivity index (χ0n) is 13.2. The largest absolute Gasteiger partial charge is 0.420 e. The minimum absolute atomic E-state index is 0.362. The minimum atomic E-state index is 0.362. The molecule has 0 unspecified atom stereocenters. The maximum absolute atomic E-state index is 6.06. The van der Waals surface area contributed by atoms with E-state index in [2.05, 4.69) is 21.2 Å². The Balaban J connectivity index is 1.36. The lowest BCUT2D eigenvalue weighted by Crippen LogP contribution is -2.32. The van der Waals surface area contributed by atoms with Gasteiger partial charge in [-0.2, -0.15) is 11.3 Å². The van der Waals surface area contributed by atoms with E-state index < -0.39 is 0 Å². The molecule has 3 heterocycles. The Morgan fingerprint density at radius 1 is 1.21 bits per heavy atom. The minimum Gasteiger partial charge on any atom is -0.420 e. The first-order chi connectivity index (χ1) is 11.8. The summed E-state index contributed by atoms with van der Waals surface area (Å²) in [4.78, 5) is 2.46. The molecule has 0 radical (unpaired) electrons. The molecule has 4 nitrogen and oxygen atoms in total. The van der Waals surface area contributed by atoms with Gasteiger partial charge in [0.2, 0.25) is 11.8 Å². The topological polar surface area (TPSA) is 42.2 Å². The van der Waals surface area contributed by atoms with Crippen LogP contribution in [0.1, 0.15) is 30.2 Å². The van der Waals surface area contributed by atoms with Crippen molar-refractivity contribution < 1.29 is 4.42 Å². The molecule has 24 heavy (non-hydrogen) atoms. The molecule has 6 heteroatoms. The van der Waals surface area contributed by atoms with Crippen molar-refractivity contribution >= 4 is 22.9 Å². The fourth-order valence-electron chi connectivity index (χ4n) is 3.13. The number of hydrogen-bond acceptors (Lipinski definition) is 5. The van der Waals surface area contributed by atoms with Crippen LogP contribution >= 0.6 is 22.9 Å². The predicted molar refractivity (Wildman–Crippen MR) is 96.3 cm³/mol. The molecule has 0 amide bonds. The van der Waals surface area contributed by atoms with Crippen LogP contribution < -0.4 is 0 Å². The summed E-state index contributed by atoms with van der Waals surface area (Å²) in [6.45, 7) is 3.01. The van der Waals surface area contributed by atoms with Crippen molar-refractivity contribution in [3.05, 3.63) is 57.6 Å². The van der Waals surface area contributed by atoms with E-state index in [1.54, 1.807) is 11.3 Å². The Morgan fingerprint density at radius 2 is 2.08 bits per heavy atom. The van der Waals surface area contributed by atoms with Crippen molar-refractivity contribution in [1.82, 2.24) is 15.1 Å². The van der Waals surface area contributed by atoms with Crippen LogP contribution in [0.2, 0.25) is 5.02 Å². The van der Waals surface area contributed by atoms with Crippen molar-refractivity contribution in [3.63, 3.8) is 0 Å². The van der Waals surface area contributed by atoms with E-state index >= 15 is 0 Å². The van der Waals surface area contributed by atoms with Crippen LogP contribution in [0.4, 0.5) is 0 Å². The molecule has 4 rings (SSSR count). The number of halogens is 1. The van der Waals surface area contributed by atoms with Gasteiger partial charge in [0.1, 0.15) is 0 Å². The Bertz CT molecular complexity index is 794. The van der Waals surface area contributed by atoms with E-state index in [9.17, 15) is 0 Å². The SMILES string of the molecule is Clc1cccc(CN2CCC(c3nnc(-c4ccsc4)o3)CC2)c1. The van der Waals surface area contributed by atoms with Crippen LogP contribution in [0.3, 0.4) is 0 Å². The lowest BCUT2D eigenvalue weighted by molar-refractivity contribution is 0.193. The smallest absolute Gasteiger partial charge is 0.248 e. The summed E-state index contributed by atoms with van der Waals surface area (Å²) in [7, 11) is 0. The van der Waals surface area contributed by atoms with Gasteiger partial charge in [-0.3, -0.25) is 4.90 Å². The number of piperidine rings is 1. The van der Waals surface area contributed by atoms with Crippen molar-refractivity contribution in [2.24, 2.45) is 0 Å². The summed E-state index contributed by atoms with van der Waals surface area (Å²) < 4.78 is 5.89. The molecular weight excluding hydrogens is 342 g/mol. The Morgan fingerprint density at radius 3 is 2.83 bits per heavy atom. The van der Waals surface area contributed by atoms with Crippen LogP contribution in [0.15, 0.2) is 45.5 Å². The second kappa shape index (κ2) is 7.05. The highest BCUT2D eigenvalue weighted by molar-refractivity contribution is 7.08. The van der Waals surface area contributed by atoms with E-state index in [4.69, 9.17) is 16.0 Å². The van der Waals surface area contributed by atoms with Gasteiger partial charge in [-0.25, -0.2) is 0 Å². The van der Waals surface area contributed by atoms with Crippen molar-refractivity contribution in [3.8, 4) is 11.5 Å². The van der Waals surface area contributed by atoms with Crippen LogP contribution in [0.5, 0.6) is 0 Å². The molecule has 0 aliphatic carbocycles. The van der Waals surface area contributed by atoms with Gasteiger partial charge in [0.25, 0.3) is 0 Å². The Kier molecular flexibility index (Phi) is 4.65. The number of hydrogen-bond donors (Lipinski definition) is 0. The summed E-state index contributed by atoms with van der Waals surface area (Å²) in [6.07, 6.45) is 2.09. The van der Waals surface area contributed by atoms with Gasteiger partial charge in [-0.15, -0.1) is 10.2 Å². The number of aromatic nitrogens is 2. The normalized spacial score (nSPS) is 16.5. The third kappa shape index (κ3) is 3.53. The fourth-order valence-corrected chi connectivity index (χ4v) is 3.98. The van der Waals surface area contributed by atoms with E-state index in [1.165, 1.54) is 5.56 Å². The lowest BCUT2D eigenvalue weighted by Gasteiger charge is -2.30. The molecule has 124 valence electrons. The lowest BCUT2D eigenvalue weighted by atomic mass is 9.96. The molecule has 2 aromatic heterocycles. The number of likely N-dealkylation sites (tertiary alicyclic amines) is 1. The molecule has 1 aliphatic rings. The molecule has 0 bridgehead atoms. The summed E-state index contributed by atoms with van der Waals surface area (Å²) in [5, 5.41) is 13.3. The van der Waals surface area contributed by atoms with Crippen LogP contribution in [-0.2, 0) is 6.54 Å². The highest BCUT2D eigenvalue weighted by Crippen LogP contribution is 2.30. The molecule has 1 fully saturated rings. The van der Waals surface area contributed by atoms with Gasteiger partial charge in [0.15, 0.2) is 0 Å². The third-order valence-electron chi connectivity index (χ3n) is 4.44. The van der Waals surface area contributed by atoms with Crippen LogP contribution in [-0.4, -0.2) is 28.2 Å². The molecule has 0 atom stereocenters. The summed E-state index contributed by atoms with van der Waals surface area (Å²) in [5.41, 5.74) is 2.27. The first kappa shape index (κ1) is 15.8. The van der Waals surface area contributed by atoms with Crippen molar-refractivity contribution in [2.75, 3.05) is 13.1 Å². The number of rotatable bonds is 4. The fraction of sp³-hybridized carbons (Fsp3) is 0.333. The van der Waals surface area contributed by atoms with Gasteiger partial charge in [-0.05, 0) is 55.1 Å². The standard InChI is InChI=1S/C18H18ClN3OS/c19-16-3-1-2-13(10-16)11-22-7-4-14(5-8-22)17-20-21-18(23-17)15-6-9-24-12-15/h1-3,6,9-10,12,14H,4-5,7-8,11H2. The van der Waals surface area contributed by atoms with Crippen LogP contribution in [0, 0.1) is 0 Å². The Labute approximate surface area is 150 Å². The third-order valence-corrected chi connectivity index (χ3v) is 5.36. The Hall–Kier alpha value is -1.69. The summed E-state index contributed by atoms with van der Waals surface area (Å²) in [6, 6.07) is 10.1. The van der Waals surface area contributed by atoms with Gasteiger partial charge < -0.3 is 4.42 Å². The van der Waals surface area contributed by atoms with E-state index in [0.29, 0.717) is 11.8 Å². The molecule has 3 aromatic rings. The zero-order chi connectivity index (χ0) is 16.4. The second-order valence-corrected chi connectivity index (χ2v) is 7.35. The highest BCUT2D eigenvalue weighted by Gasteiger charge is 2.25. The average Bonchev–Trinajstić information content (AvgIpc) is 3.27. The summed E-state index contributed by atoms with van der Waals surface area (Å²) >= 11 is 7.70. The van der Waals surface area contributed by atoms with Gasteiger partial charge in [0.05, 0.1) is 0 Å². The zero-order valence-corrected chi connectivity index (χ0v) is 14.8. The van der Waals surface area contributed by atoms with E-state index in [0.717, 1.165) is 49.0 Å². The molecule has 0 N–H and O–H groups in total. The maximum Gasteiger partial charge on any atom is 0.248 e. The van der Waals surface area contributed by atoms with E-state index in [-0.39, 0.29) is 0 Å². The highest BCUT2D eigenvalue weighted by atomic mass is 35.5. The summed E-state index contributed by atoms with van der Waals surface area (Å²) in [5.74, 6) is 1.77. The van der Waals surface area contributed by atoms with Crippen molar-refractivity contribution in [1.29, 1.82) is 0 Å². The number of thiophene rings is 1. The molecule has 1 aliphatic heterocycles. The first-order valence-corrected chi connectivity index (χ1v) is 9.43. The monoisotopic (exact) mass is 359 g/mol. The second-order valence-electron chi connectivity index (χ2n) is 6.14. The quantitative estimate of drug-likeness (QED) is 0.669. The van der Waals surface area contributed by atoms with Gasteiger partial charge >= 0.3 is 0 Å². The molecule has 0 saturated carbocycles.